The number of nitrogens with one attached hydrogen (secondary N) is 1. The average molecular weight is 192 g/mol. The summed E-state index contributed by atoms with van der Waals surface area (Å²) in [6.45, 7) is 1.93. The highest BCUT2D eigenvalue weighted by molar-refractivity contribution is 5.51. The largest absolute Gasteiger partial charge is 0.315 e. The lowest BCUT2D eigenvalue weighted by atomic mass is 10.1. The van der Waals surface area contributed by atoms with Crippen LogP contribution in [-0.4, -0.2) is 14.6 Å². The zero-order valence-electron chi connectivity index (χ0n) is 7.81. The molecule has 2 rings (SSSR count). The molecule has 2 heterocycles. The van der Waals surface area contributed by atoms with Crippen molar-refractivity contribution >= 4 is 5.65 Å². The molecule has 1 unspecified atom stereocenters. The van der Waals surface area contributed by atoms with E-state index in [-0.39, 0.29) is 0 Å². The minimum atomic E-state index is -0.573. The monoisotopic (exact) mass is 192 g/mol. The number of imidazole rings is 1. The van der Waals surface area contributed by atoms with E-state index < -0.39 is 6.17 Å². The second-order valence-corrected chi connectivity index (χ2v) is 3.16. The zero-order valence-corrected chi connectivity index (χ0v) is 7.81. The molecule has 14 heavy (non-hydrogen) atoms. The maximum Gasteiger partial charge on any atom is 0.139 e. The summed E-state index contributed by atoms with van der Waals surface area (Å²) in [5, 5.41) is 8.73. The summed E-state index contributed by atoms with van der Waals surface area (Å²) in [4.78, 5) is 4.19. The molecular formula is C9H12N4O. The van der Waals surface area contributed by atoms with Gasteiger partial charge in [-0.2, -0.15) is 5.48 Å². The van der Waals surface area contributed by atoms with Crippen LogP contribution in [0, 0.1) is 6.92 Å². The molecule has 0 amide bonds. The Bertz CT molecular complexity index is 451. The molecule has 4 N–H and O–H groups in total. The van der Waals surface area contributed by atoms with Crippen LogP contribution in [0.15, 0.2) is 24.7 Å². The maximum absolute atomic E-state index is 8.73. The summed E-state index contributed by atoms with van der Waals surface area (Å²) in [7, 11) is 0. The van der Waals surface area contributed by atoms with Crippen LogP contribution >= 0.6 is 0 Å². The molecule has 2 aromatic rings. The van der Waals surface area contributed by atoms with E-state index in [1.54, 1.807) is 6.20 Å². The van der Waals surface area contributed by atoms with Gasteiger partial charge in [-0.1, -0.05) is 0 Å². The summed E-state index contributed by atoms with van der Waals surface area (Å²) >= 11 is 0. The Morgan fingerprint density at radius 2 is 2.36 bits per heavy atom. The third kappa shape index (κ3) is 1.27. The fourth-order valence-electron chi connectivity index (χ4n) is 1.54. The van der Waals surface area contributed by atoms with Crippen molar-refractivity contribution in [3.63, 3.8) is 0 Å². The number of rotatable bonds is 2. The Labute approximate surface area is 81.1 Å². The van der Waals surface area contributed by atoms with Gasteiger partial charge in [-0.05, 0) is 24.1 Å². The van der Waals surface area contributed by atoms with Crippen LogP contribution < -0.4 is 11.2 Å². The molecule has 5 nitrogen and oxygen atoms in total. The Morgan fingerprint density at radius 3 is 3.07 bits per heavy atom. The number of hydroxylamine groups is 1. The molecule has 1 atom stereocenters. The molecular weight excluding hydrogens is 180 g/mol. The van der Waals surface area contributed by atoms with Crippen LogP contribution in [0.25, 0.3) is 5.65 Å². The van der Waals surface area contributed by atoms with Crippen molar-refractivity contribution in [1.29, 1.82) is 0 Å². The van der Waals surface area contributed by atoms with Crippen molar-refractivity contribution in [3.8, 4) is 0 Å². The number of nitrogens with two attached hydrogens (primary N) is 1. The first-order chi connectivity index (χ1) is 6.74. The first-order valence-electron chi connectivity index (χ1n) is 4.31. The molecule has 0 aliphatic rings. The van der Waals surface area contributed by atoms with Gasteiger partial charge in [-0.3, -0.25) is 0 Å². The van der Waals surface area contributed by atoms with Crippen molar-refractivity contribution in [1.82, 2.24) is 14.9 Å². The highest BCUT2D eigenvalue weighted by Crippen LogP contribution is 2.17. The van der Waals surface area contributed by atoms with Crippen LogP contribution in [0.5, 0.6) is 0 Å². The second kappa shape index (κ2) is 3.38. The van der Waals surface area contributed by atoms with E-state index in [4.69, 9.17) is 10.9 Å². The summed E-state index contributed by atoms with van der Waals surface area (Å²) in [6.07, 6.45) is 4.88. The minimum absolute atomic E-state index is 0.573. The lowest BCUT2D eigenvalue weighted by Gasteiger charge is -2.12. The predicted octanol–water partition coefficient (Wildman–Crippen LogP) is 0.579. The highest BCUT2D eigenvalue weighted by atomic mass is 16.5. The lowest BCUT2D eigenvalue weighted by Crippen LogP contribution is -2.26. The third-order valence-corrected chi connectivity index (χ3v) is 2.33. The van der Waals surface area contributed by atoms with E-state index in [2.05, 4.69) is 4.98 Å². The number of hydrogen-bond acceptors (Lipinski definition) is 4. The van der Waals surface area contributed by atoms with Crippen LogP contribution in [0.1, 0.15) is 17.3 Å². The molecule has 0 fully saturated rings. The molecule has 0 aliphatic carbocycles. The van der Waals surface area contributed by atoms with E-state index in [1.807, 2.05) is 35.3 Å². The van der Waals surface area contributed by atoms with Gasteiger partial charge in [-0.25, -0.2) is 4.98 Å². The molecule has 0 saturated carbocycles. The number of aryl methyl sites for hydroxylation is 1. The lowest BCUT2D eigenvalue weighted by molar-refractivity contribution is 0.128. The van der Waals surface area contributed by atoms with Crippen molar-refractivity contribution < 1.29 is 5.21 Å². The van der Waals surface area contributed by atoms with Gasteiger partial charge in [0.05, 0.1) is 0 Å². The van der Waals surface area contributed by atoms with E-state index in [9.17, 15) is 0 Å². The van der Waals surface area contributed by atoms with Gasteiger partial charge in [0.1, 0.15) is 11.8 Å². The molecule has 2 aromatic heterocycles. The van der Waals surface area contributed by atoms with Crippen molar-refractivity contribution in [2.24, 2.45) is 5.73 Å². The number of aromatic nitrogens is 2. The average Bonchev–Trinajstić information content (AvgIpc) is 2.66. The summed E-state index contributed by atoms with van der Waals surface area (Å²) in [5.74, 6) is 0. The van der Waals surface area contributed by atoms with Gasteiger partial charge < -0.3 is 15.3 Å². The topological polar surface area (TPSA) is 75.6 Å². The fraction of sp³-hybridized carbons (Fsp3) is 0.222. The first-order valence-corrected chi connectivity index (χ1v) is 4.31. The summed E-state index contributed by atoms with van der Waals surface area (Å²) in [5.41, 5.74) is 10.3. The number of pyridine rings is 1. The van der Waals surface area contributed by atoms with Crippen LogP contribution in [0.3, 0.4) is 0 Å². The molecule has 0 radical (unpaired) electrons. The Morgan fingerprint density at radius 1 is 1.57 bits per heavy atom. The van der Waals surface area contributed by atoms with Crippen molar-refractivity contribution in [3.05, 3.63) is 35.8 Å². The van der Waals surface area contributed by atoms with Crippen molar-refractivity contribution in [2.45, 2.75) is 13.1 Å². The van der Waals surface area contributed by atoms with Gasteiger partial charge in [0.15, 0.2) is 0 Å². The number of fused-ring (bicyclic) bond motifs is 1. The third-order valence-electron chi connectivity index (χ3n) is 2.33. The van der Waals surface area contributed by atoms with Crippen LogP contribution in [0.4, 0.5) is 0 Å². The van der Waals surface area contributed by atoms with Crippen LogP contribution in [0.2, 0.25) is 0 Å². The normalized spacial score (nSPS) is 13.4. The first kappa shape index (κ1) is 9.14. The Kier molecular flexibility index (Phi) is 2.20. The van der Waals surface area contributed by atoms with E-state index in [0.29, 0.717) is 0 Å². The molecule has 0 aliphatic heterocycles. The number of nitrogens with zero attached hydrogens (tertiary/aromatic N) is 2. The number of hydrogen-bond donors (Lipinski definition) is 3. The van der Waals surface area contributed by atoms with E-state index >= 15 is 0 Å². The Balaban J connectivity index is 2.61. The maximum atomic E-state index is 8.73. The smallest absolute Gasteiger partial charge is 0.139 e. The summed E-state index contributed by atoms with van der Waals surface area (Å²) < 4.78 is 1.91. The Hall–Kier alpha value is -1.43. The van der Waals surface area contributed by atoms with Gasteiger partial charge in [0.25, 0.3) is 0 Å². The standard InChI is InChI=1S/C9H12N4O/c1-6-7(8(10)12-14)2-4-13-5-3-11-9(6)13/h2-5,8,12,14H,10H2,1H3. The van der Waals surface area contributed by atoms with Gasteiger partial charge in [0, 0.05) is 18.6 Å². The highest BCUT2D eigenvalue weighted by Gasteiger charge is 2.10. The minimum Gasteiger partial charge on any atom is -0.315 e. The SMILES string of the molecule is Cc1c(C(N)NO)ccn2ccnc12. The summed E-state index contributed by atoms with van der Waals surface area (Å²) in [6, 6.07) is 1.86. The van der Waals surface area contributed by atoms with E-state index in [0.717, 1.165) is 16.8 Å². The predicted molar refractivity (Wildman–Crippen MR) is 51.8 cm³/mol. The molecule has 5 heteroatoms. The molecule has 0 aromatic carbocycles. The van der Waals surface area contributed by atoms with Gasteiger partial charge in [0.2, 0.25) is 0 Å². The second-order valence-electron chi connectivity index (χ2n) is 3.16. The van der Waals surface area contributed by atoms with Crippen molar-refractivity contribution in [2.75, 3.05) is 0 Å². The fourth-order valence-corrected chi connectivity index (χ4v) is 1.54. The van der Waals surface area contributed by atoms with Gasteiger partial charge in [-0.15, -0.1) is 0 Å². The quantitative estimate of drug-likeness (QED) is 0.480. The zero-order chi connectivity index (χ0) is 10.1. The van der Waals surface area contributed by atoms with Crippen LogP contribution in [-0.2, 0) is 0 Å². The van der Waals surface area contributed by atoms with E-state index in [1.165, 1.54) is 0 Å². The molecule has 74 valence electrons. The molecule has 0 saturated heterocycles. The molecule has 0 spiro atoms. The molecule has 0 bridgehead atoms. The van der Waals surface area contributed by atoms with Gasteiger partial charge >= 0.3 is 0 Å².